The van der Waals surface area contributed by atoms with Crippen LogP contribution >= 0.6 is 0 Å². The van der Waals surface area contributed by atoms with E-state index in [0.29, 0.717) is 5.39 Å². The summed E-state index contributed by atoms with van der Waals surface area (Å²) in [4.78, 5) is 21.9. The van der Waals surface area contributed by atoms with Crippen LogP contribution < -0.4 is 0 Å². The van der Waals surface area contributed by atoms with Gasteiger partial charge < -0.3 is 4.57 Å². The highest BCUT2D eigenvalue weighted by Crippen LogP contribution is 2.48. The predicted octanol–water partition coefficient (Wildman–Crippen LogP) is 3.18. The molecule has 0 N–H and O–H groups in total. The van der Waals surface area contributed by atoms with E-state index in [1.807, 2.05) is 22.8 Å². The van der Waals surface area contributed by atoms with Crippen LogP contribution in [0.15, 0.2) is 42.6 Å². The van der Waals surface area contributed by atoms with Gasteiger partial charge in [0.15, 0.2) is 5.78 Å². The lowest BCUT2D eigenvalue weighted by Gasteiger charge is -2.13. The molecule has 3 rings (SSSR count). The molecule has 0 aliphatic heterocycles. The number of hydrogen-bond donors (Lipinski definition) is 0. The molecule has 1 saturated carbocycles. The minimum absolute atomic E-state index is 0.0118. The highest BCUT2D eigenvalue weighted by atomic mass is 16.6. The first kappa shape index (κ1) is 12.6. The molecule has 5 nitrogen and oxygen atoms in total. The molecule has 0 amide bonds. The molecule has 1 aliphatic carbocycles. The van der Waals surface area contributed by atoms with Crippen molar-refractivity contribution in [1.82, 2.24) is 4.57 Å². The summed E-state index contributed by atoms with van der Waals surface area (Å²) in [5.74, 6) is -0.0118. The molecular formula is C15H14N2O3. The van der Waals surface area contributed by atoms with Crippen molar-refractivity contribution < 1.29 is 9.72 Å². The summed E-state index contributed by atoms with van der Waals surface area (Å²) in [5.41, 5.74) is 0.674. The first-order valence-electron chi connectivity index (χ1n) is 6.48. The maximum Gasteiger partial charge on any atom is 0.294 e. The van der Waals surface area contributed by atoms with Crippen LogP contribution in [0.1, 0.15) is 19.8 Å². The van der Waals surface area contributed by atoms with Gasteiger partial charge in [0.25, 0.3) is 5.69 Å². The van der Waals surface area contributed by atoms with Gasteiger partial charge in [0.1, 0.15) is 0 Å². The molecule has 2 aromatic rings. The largest absolute Gasteiger partial charge is 0.331 e. The SMILES string of the molecule is CC(=O)/C=C/C1(n2cc([N+](=O)[O-])c3ccccc32)CC1. The number of nitro groups is 1. The van der Waals surface area contributed by atoms with E-state index in [0.717, 1.165) is 18.4 Å². The Balaban J connectivity index is 2.17. The van der Waals surface area contributed by atoms with E-state index in [1.54, 1.807) is 24.4 Å². The second-order valence-electron chi connectivity index (χ2n) is 5.21. The van der Waals surface area contributed by atoms with E-state index < -0.39 is 0 Å². The van der Waals surface area contributed by atoms with Crippen molar-refractivity contribution in [2.45, 2.75) is 25.3 Å². The molecular weight excluding hydrogens is 256 g/mol. The van der Waals surface area contributed by atoms with Gasteiger partial charge in [-0.25, -0.2) is 0 Å². The van der Waals surface area contributed by atoms with Crippen molar-refractivity contribution in [2.24, 2.45) is 0 Å². The standard InChI is InChI=1S/C15H14N2O3/c1-11(18)6-7-15(8-9-15)16-10-14(17(19)20)12-4-2-3-5-13(12)16/h2-7,10H,8-9H2,1H3/b7-6+. The van der Waals surface area contributed by atoms with Gasteiger partial charge in [0.2, 0.25) is 0 Å². The third kappa shape index (κ3) is 1.91. The molecule has 102 valence electrons. The number of para-hydroxylation sites is 1. The molecule has 1 aromatic heterocycles. The summed E-state index contributed by atoms with van der Waals surface area (Å²) in [6, 6.07) is 7.30. The smallest absolute Gasteiger partial charge is 0.294 e. The maximum atomic E-state index is 11.2. The van der Waals surface area contributed by atoms with Crippen LogP contribution in [0.4, 0.5) is 5.69 Å². The van der Waals surface area contributed by atoms with Crippen molar-refractivity contribution in [3.8, 4) is 0 Å². The topological polar surface area (TPSA) is 65.1 Å². The highest BCUT2D eigenvalue weighted by Gasteiger charge is 2.43. The second kappa shape index (κ2) is 4.30. The Morgan fingerprint density at radius 2 is 2.10 bits per heavy atom. The fourth-order valence-corrected chi connectivity index (χ4v) is 2.56. The number of fused-ring (bicyclic) bond motifs is 1. The van der Waals surface area contributed by atoms with Crippen LogP contribution in [-0.2, 0) is 10.3 Å². The number of hydrogen-bond acceptors (Lipinski definition) is 3. The van der Waals surface area contributed by atoms with Crippen molar-refractivity contribution in [3.05, 3.63) is 52.7 Å². The summed E-state index contributed by atoms with van der Waals surface area (Å²) in [7, 11) is 0. The Kier molecular flexibility index (Phi) is 2.71. The van der Waals surface area contributed by atoms with E-state index in [9.17, 15) is 14.9 Å². The first-order valence-corrected chi connectivity index (χ1v) is 6.48. The van der Waals surface area contributed by atoms with Crippen molar-refractivity contribution in [1.29, 1.82) is 0 Å². The van der Waals surface area contributed by atoms with Crippen LogP contribution in [0.3, 0.4) is 0 Å². The molecule has 1 aliphatic rings. The molecule has 0 bridgehead atoms. The van der Waals surface area contributed by atoms with Gasteiger partial charge in [-0.2, -0.15) is 0 Å². The van der Waals surface area contributed by atoms with Crippen LogP contribution in [0.5, 0.6) is 0 Å². The van der Waals surface area contributed by atoms with Gasteiger partial charge in [-0.05, 0) is 38.0 Å². The average Bonchev–Trinajstić information content (AvgIpc) is 3.09. The number of carbonyl (C=O) groups excluding carboxylic acids is 1. The van der Waals surface area contributed by atoms with E-state index in [1.165, 1.54) is 6.92 Å². The minimum atomic E-state index is -0.358. The summed E-state index contributed by atoms with van der Waals surface area (Å²) < 4.78 is 1.93. The van der Waals surface area contributed by atoms with Crippen molar-refractivity contribution >= 4 is 22.4 Å². The van der Waals surface area contributed by atoms with E-state index in [4.69, 9.17) is 0 Å². The monoisotopic (exact) mass is 270 g/mol. The number of allylic oxidation sites excluding steroid dienone is 2. The summed E-state index contributed by atoms with van der Waals surface area (Å²) in [6.07, 6.45) is 6.79. The maximum absolute atomic E-state index is 11.2. The minimum Gasteiger partial charge on any atom is -0.331 e. The van der Waals surface area contributed by atoms with Gasteiger partial charge in [-0.15, -0.1) is 0 Å². The number of benzene rings is 1. The summed E-state index contributed by atoms with van der Waals surface area (Å²) >= 11 is 0. The normalized spacial score (nSPS) is 16.6. The van der Waals surface area contributed by atoms with Gasteiger partial charge in [-0.3, -0.25) is 14.9 Å². The Bertz CT molecular complexity index is 739. The van der Waals surface area contributed by atoms with E-state index in [-0.39, 0.29) is 21.9 Å². The highest BCUT2D eigenvalue weighted by molar-refractivity contribution is 5.90. The number of nitrogens with zero attached hydrogens (tertiary/aromatic N) is 2. The quantitative estimate of drug-likeness (QED) is 0.487. The lowest BCUT2D eigenvalue weighted by atomic mass is 10.2. The number of ketones is 1. The molecule has 5 heteroatoms. The lowest BCUT2D eigenvalue weighted by Crippen LogP contribution is -2.13. The lowest BCUT2D eigenvalue weighted by molar-refractivity contribution is -0.383. The van der Waals surface area contributed by atoms with Crippen LogP contribution in [0.2, 0.25) is 0 Å². The van der Waals surface area contributed by atoms with Gasteiger partial charge in [0.05, 0.1) is 27.6 Å². The fraction of sp³-hybridized carbons (Fsp3) is 0.267. The number of carbonyl (C=O) groups is 1. The summed E-state index contributed by atoms with van der Waals surface area (Å²) in [6.45, 7) is 1.50. The second-order valence-corrected chi connectivity index (χ2v) is 5.21. The van der Waals surface area contributed by atoms with Crippen molar-refractivity contribution in [3.63, 3.8) is 0 Å². The third-order valence-corrected chi connectivity index (χ3v) is 3.76. The average molecular weight is 270 g/mol. The third-order valence-electron chi connectivity index (χ3n) is 3.76. The van der Waals surface area contributed by atoms with Gasteiger partial charge >= 0.3 is 0 Å². The van der Waals surface area contributed by atoms with Crippen molar-refractivity contribution in [2.75, 3.05) is 0 Å². The zero-order valence-electron chi connectivity index (χ0n) is 11.1. The Morgan fingerprint density at radius 3 is 2.70 bits per heavy atom. The molecule has 1 aromatic carbocycles. The van der Waals surface area contributed by atoms with Crippen LogP contribution in [-0.4, -0.2) is 15.3 Å². The predicted molar refractivity (Wildman–Crippen MR) is 75.6 cm³/mol. The Morgan fingerprint density at radius 1 is 1.40 bits per heavy atom. The van der Waals surface area contributed by atoms with Gasteiger partial charge in [-0.1, -0.05) is 18.2 Å². The number of rotatable bonds is 4. The molecule has 0 saturated heterocycles. The van der Waals surface area contributed by atoms with Gasteiger partial charge in [0, 0.05) is 0 Å². The molecule has 0 radical (unpaired) electrons. The summed E-state index contributed by atoms with van der Waals surface area (Å²) in [5, 5.41) is 11.8. The zero-order chi connectivity index (χ0) is 14.3. The Labute approximate surface area is 115 Å². The fourth-order valence-electron chi connectivity index (χ4n) is 2.56. The van der Waals surface area contributed by atoms with E-state index in [2.05, 4.69) is 0 Å². The van der Waals surface area contributed by atoms with Crippen LogP contribution in [0, 0.1) is 10.1 Å². The molecule has 1 heterocycles. The first-order chi connectivity index (χ1) is 9.53. The molecule has 0 spiro atoms. The molecule has 0 unspecified atom stereocenters. The van der Waals surface area contributed by atoms with Crippen LogP contribution in [0.25, 0.3) is 10.9 Å². The number of aromatic nitrogens is 1. The zero-order valence-corrected chi connectivity index (χ0v) is 11.1. The van der Waals surface area contributed by atoms with E-state index >= 15 is 0 Å². The molecule has 20 heavy (non-hydrogen) atoms. The molecule has 1 fully saturated rings. The Hall–Kier alpha value is -2.43. The molecule has 0 atom stereocenters.